The maximum atomic E-state index is 13.0. The van der Waals surface area contributed by atoms with E-state index in [1.165, 1.54) is 48.2 Å². The summed E-state index contributed by atoms with van der Waals surface area (Å²) >= 11 is 0. The Morgan fingerprint density at radius 3 is 2.10 bits per heavy atom. The first-order valence-corrected chi connectivity index (χ1v) is 9.56. The van der Waals surface area contributed by atoms with Gasteiger partial charge in [-0.25, -0.2) is 9.18 Å². The van der Waals surface area contributed by atoms with Crippen molar-refractivity contribution in [3.05, 3.63) is 95.8 Å². The first kappa shape index (κ1) is 21.7. The highest BCUT2D eigenvalue weighted by atomic mass is 19.1. The molecule has 0 aliphatic heterocycles. The zero-order valence-electron chi connectivity index (χ0n) is 17.0. The van der Waals surface area contributed by atoms with Crippen molar-refractivity contribution in [1.29, 1.82) is 0 Å². The number of rotatable bonds is 6. The van der Waals surface area contributed by atoms with Crippen LogP contribution in [-0.2, 0) is 9.53 Å². The van der Waals surface area contributed by atoms with E-state index >= 15 is 0 Å². The topological polar surface area (TPSA) is 75.7 Å². The van der Waals surface area contributed by atoms with Gasteiger partial charge in [0, 0.05) is 18.4 Å². The first-order valence-electron chi connectivity index (χ1n) is 9.56. The van der Waals surface area contributed by atoms with Crippen LogP contribution < -0.4 is 10.2 Å². The van der Waals surface area contributed by atoms with Gasteiger partial charge in [0.2, 0.25) is 0 Å². The van der Waals surface area contributed by atoms with Gasteiger partial charge in [-0.05, 0) is 55.5 Å². The van der Waals surface area contributed by atoms with Gasteiger partial charge in [-0.15, -0.1) is 0 Å². The fourth-order valence-corrected chi connectivity index (χ4v) is 2.85. The van der Waals surface area contributed by atoms with Crippen molar-refractivity contribution < 1.29 is 23.5 Å². The zero-order valence-corrected chi connectivity index (χ0v) is 17.0. The Hall–Kier alpha value is -4.00. The SMILES string of the molecule is C[C@@H](OC(=O)c1ccccc1C(=O)N(C)c1ccccc1)C(=O)Nc1ccc(F)cc1. The van der Waals surface area contributed by atoms with Crippen molar-refractivity contribution in [3.8, 4) is 0 Å². The van der Waals surface area contributed by atoms with Crippen molar-refractivity contribution in [2.24, 2.45) is 0 Å². The molecule has 0 bridgehead atoms. The predicted octanol–water partition coefficient (Wildman–Crippen LogP) is 4.29. The summed E-state index contributed by atoms with van der Waals surface area (Å²) in [7, 11) is 1.61. The molecule has 2 amide bonds. The van der Waals surface area contributed by atoms with E-state index < -0.39 is 23.8 Å². The van der Waals surface area contributed by atoms with Crippen LogP contribution in [0.1, 0.15) is 27.6 Å². The lowest BCUT2D eigenvalue weighted by Gasteiger charge is -2.19. The molecule has 158 valence electrons. The molecule has 0 heterocycles. The Balaban J connectivity index is 1.72. The van der Waals surface area contributed by atoms with Gasteiger partial charge in [0.05, 0.1) is 11.1 Å². The lowest BCUT2D eigenvalue weighted by atomic mass is 10.1. The van der Waals surface area contributed by atoms with Crippen molar-refractivity contribution in [1.82, 2.24) is 0 Å². The summed E-state index contributed by atoms with van der Waals surface area (Å²) in [5.74, 6) is -2.20. The Kier molecular flexibility index (Phi) is 6.77. The van der Waals surface area contributed by atoms with Crippen LogP contribution in [0.4, 0.5) is 15.8 Å². The summed E-state index contributed by atoms with van der Waals surface area (Å²) in [5.41, 5.74) is 1.25. The smallest absolute Gasteiger partial charge is 0.339 e. The fourth-order valence-electron chi connectivity index (χ4n) is 2.85. The number of nitrogens with zero attached hydrogens (tertiary/aromatic N) is 1. The minimum atomic E-state index is -1.13. The molecule has 6 nitrogen and oxygen atoms in total. The number of ether oxygens (including phenoxy) is 1. The van der Waals surface area contributed by atoms with Crippen LogP contribution in [0.15, 0.2) is 78.9 Å². The summed E-state index contributed by atoms with van der Waals surface area (Å²) in [6, 6.07) is 20.5. The number of anilines is 2. The van der Waals surface area contributed by atoms with Crippen LogP contribution in [0.5, 0.6) is 0 Å². The summed E-state index contributed by atoms with van der Waals surface area (Å²) < 4.78 is 18.3. The van der Waals surface area contributed by atoms with Crippen LogP contribution in [0.2, 0.25) is 0 Å². The number of amides is 2. The Bertz CT molecular complexity index is 1080. The quantitative estimate of drug-likeness (QED) is 0.604. The number of benzene rings is 3. The number of halogens is 1. The second kappa shape index (κ2) is 9.67. The molecule has 7 heteroatoms. The minimum absolute atomic E-state index is 0.0525. The van der Waals surface area contributed by atoms with Gasteiger partial charge in [-0.3, -0.25) is 9.59 Å². The monoisotopic (exact) mass is 420 g/mol. The molecule has 0 radical (unpaired) electrons. The molecule has 0 fully saturated rings. The summed E-state index contributed by atoms with van der Waals surface area (Å²) in [6.07, 6.45) is -1.13. The third kappa shape index (κ3) is 5.33. The minimum Gasteiger partial charge on any atom is -0.449 e. The highest BCUT2D eigenvalue weighted by Gasteiger charge is 2.24. The third-order valence-electron chi connectivity index (χ3n) is 4.59. The first-order chi connectivity index (χ1) is 14.9. The van der Waals surface area contributed by atoms with E-state index in [9.17, 15) is 18.8 Å². The van der Waals surface area contributed by atoms with Gasteiger partial charge in [0.15, 0.2) is 6.10 Å². The molecule has 0 saturated carbocycles. The van der Waals surface area contributed by atoms with E-state index in [0.29, 0.717) is 11.4 Å². The van der Waals surface area contributed by atoms with Crippen molar-refractivity contribution >= 4 is 29.2 Å². The van der Waals surface area contributed by atoms with Gasteiger partial charge in [0.25, 0.3) is 11.8 Å². The third-order valence-corrected chi connectivity index (χ3v) is 4.59. The van der Waals surface area contributed by atoms with E-state index in [-0.39, 0.29) is 17.0 Å². The molecule has 0 aromatic heterocycles. The van der Waals surface area contributed by atoms with Gasteiger partial charge < -0.3 is 15.0 Å². The van der Waals surface area contributed by atoms with Crippen LogP contribution >= 0.6 is 0 Å². The average Bonchev–Trinajstić information content (AvgIpc) is 2.80. The molecule has 0 unspecified atom stereocenters. The molecule has 0 saturated heterocycles. The van der Waals surface area contributed by atoms with E-state index in [1.54, 1.807) is 43.4 Å². The van der Waals surface area contributed by atoms with Crippen molar-refractivity contribution in [2.75, 3.05) is 17.3 Å². The molecule has 0 aliphatic rings. The standard InChI is InChI=1S/C24H21FN2O4/c1-16(22(28)26-18-14-12-17(25)13-15-18)31-24(30)21-11-7-6-10-20(21)23(29)27(2)19-8-4-3-5-9-19/h3-16H,1-2H3,(H,26,28)/t16-/m1/s1. The maximum Gasteiger partial charge on any atom is 0.339 e. The summed E-state index contributed by atoms with van der Waals surface area (Å²) in [4.78, 5) is 39.4. The van der Waals surface area contributed by atoms with Crippen LogP contribution in [0.3, 0.4) is 0 Å². The highest BCUT2D eigenvalue weighted by Crippen LogP contribution is 2.19. The number of hydrogen-bond donors (Lipinski definition) is 1. The lowest BCUT2D eigenvalue weighted by molar-refractivity contribution is -0.123. The molecule has 3 rings (SSSR count). The van der Waals surface area contributed by atoms with Gasteiger partial charge >= 0.3 is 5.97 Å². The zero-order chi connectivity index (χ0) is 22.4. The van der Waals surface area contributed by atoms with Gasteiger partial charge in [-0.1, -0.05) is 30.3 Å². The van der Waals surface area contributed by atoms with Crippen LogP contribution in [0, 0.1) is 5.82 Å². The molecule has 31 heavy (non-hydrogen) atoms. The number of carbonyl (C=O) groups is 3. The Morgan fingerprint density at radius 1 is 0.871 bits per heavy atom. The molecular weight excluding hydrogens is 399 g/mol. The molecule has 1 N–H and O–H groups in total. The van der Waals surface area contributed by atoms with E-state index in [1.807, 2.05) is 6.07 Å². The largest absolute Gasteiger partial charge is 0.449 e. The number of nitrogens with one attached hydrogen (secondary N) is 1. The number of carbonyl (C=O) groups excluding carboxylic acids is 3. The Morgan fingerprint density at radius 2 is 1.45 bits per heavy atom. The normalized spacial score (nSPS) is 11.3. The molecule has 1 atom stereocenters. The van der Waals surface area contributed by atoms with E-state index in [2.05, 4.69) is 5.32 Å². The molecular formula is C24H21FN2O4. The van der Waals surface area contributed by atoms with Gasteiger partial charge in [-0.2, -0.15) is 0 Å². The predicted molar refractivity (Wildman–Crippen MR) is 116 cm³/mol. The lowest BCUT2D eigenvalue weighted by Crippen LogP contribution is -2.32. The van der Waals surface area contributed by atoms with Crippen molar-refractivity contribution in [2.45, 2.75) is 13.0 Å². The van der Waals surface area contributed by atoms with Crippen LogP contribution in [-0.4, -0.2) is 30.9 Å². The van der Waals surface area contributed by atoms with E-state index in [4.69, 9.17) is 4.74 Å². The summed E-state index contributed by atoms with van der Waals surface area (Å²) in [5, 5.41) is 2.54. The molecule has 0 spiro atoms. The summed E-state index contributed by atoms with van der Waals surface area (Å²) in [6.45, 7) is 1.41. The van der Waals surface area contributed by atoms with Crippen LogP contribution in [0.25, 0.3) is 0 Å². The number of esters is 1. The second-order valence-electron chi connectivity index (χ2n) is 6.79. The molecule has 0 aliphatic carbocycles. The average molecular weight is 420 g/mol. The van der Waals surface area contributed by atoms with E-state index in [0.717, 1.165) is 0 Å². The number of para-hydroxylation sites is 1. The maximum absolute atomic E-state index is 13.0. The number of hydrogen-bond acceptors (Lipinski definition) is 4. The molecule has 3 aromatic carbocycles. The van der Waals surface area contributed by atoms with Crippen molar-refractivity contribution in [3.63, 3.8) is 0 Å². The highest BCUT2D eigenvalue weighted by molar-refractivity contribution is 6.12. The Labute approximate surface area is 179 Å². The van der Waals surface area contributed by atoms with Gasteiger partial charge in [0.1, 0.15) is 5.82 Å². The fraction of sp³-hybridized carbons (Fsp3) is 0.125. The molecule has 3 aromatic rings. The second-order valence-corrected chi connectivity index (χ2v) is 6.79.